The zero-order chi connectivity index (χ0) is 12.8. The number of fused-ring (bicyclic) bond motifs is 1. The van der Waals surface area contributed by atoms with E-state index in [4.69, 9.17) is 0 Å². The summed E-state index contributed by atoms with van der Waals surface area (Å²) in [6.45, 7) is 0.946. The highest BCUT2D eigenvalue weighted by Crippen LogP contribution is 2.44. The topological polar surface area (TPSA) is 21.7 Å². The molecule has 98 valence electrons. The number of halogens is 2. The standard InChI is InChI=1S/C12H13F2NO2S/c1-18-11-3-2-6-15(11)8-4-5-9-10(7-8)17-12(13,14)16-9/h4-5,7,11H,2-3,6H2,1H3. The third-order valence-corrected chi connectivity index (χ3v) is 4.22. The molecule has 1 aromatic rings. The molecule has 1 unspecified atom stereocenters. The van der Waals surface area contributed by atoms with Crippen LogP contribution in [0.3, 0.4) is 0 Å². The minimum Gasteiger partial charge on any atom is -0.395 e. The molecule has 3 rings (SSSR count). The van der Waals surface area contributed by atoms with Crippen LogP contribution in [0.1, 0.15) is 12.8 Å². The van der Waals surface area contributed by atoms with Gasteiger partial charge in [0.05, 0.1) is 5.37 Å². The number of alkyl halides is 2. The Bertz CT molecular complexity index is 469. The number of ether oxygens (including phenoxy) is 2. The Labute approximate surface area is 108 Å². The van der Waals surface area contributed by atoms with Crippen LogP contribution in [0.15, 0.2) is 18.2 Å². The van der Waals surface area contributed by atoms with Gasteiger partial charge in [-0.3, -0.25) is 0 Å². The molecule has 18 heavy (non-hydrogen) atoms. The van der Waals surface area contributed by atoms with Crippen LogP contribution in [0, 0.1) is 0 Å². The van der Waals surface area contributed by atoms with Crippen LogP contribution >= 0.6 is 11.8 Å². The van der Waals surface area contributed by atoms with E-state index in [1.54, 1.807) is 30.0 Å². The molecule has 1 aromatic carbocycles. The first-order chi connectivity index (χ1) is 8.59. The van der Waals surface area contributed by atoms with Crippen molar-refractivity contribution in [1.82, 2.24) is 0 Å². The zero-order valence-electron chi connectivity index (χ0n) is 9.86. The van der Waals surface area contributed by atoms with E-state index in [0.717, 1.165) is 25.1 Å². The van der Waals surface area contributed by atoms with Crippen molar-refractivity contribution in [2.24, 2.45) is 0 Å². The van der Waals surface area contributed by atoms with Crippen molar-refractivity contribution >= 4 is 17.4 Å². The first kappa shape index (κ1) is 11.9. The number of benzene rings is 1. The predicted molar refractivity (Wildman–Crippen MR) is 66.5 cm³/mol. The van der Waals surface area contributed by atoms with Crippen molar-refractivity contribution in [3.8, 4) is 11.5 Å². The number of hydrogen-bond donors (Lipinski definition) is 0. The quantitative estimate of drug-likeness (QED) is 0.824. The third kappa shape index (κ3) is 1.98. The summed E-state index contributed by atoms with van der Waals surface area (Å²) in [5.74, 6) is 0.216. The van der Waals surface area contributed by atoms with Crippen LogP contribution in [-0.2, 0) is 0 Å². The first-order valence-corrected chi connectivity index (χ1v) is 7.07. The van der Waals surface area contributed by atoms with Crippen molar-refractivity contribution in [2.45, 2.75) is 24.5 Å². The summed E-state index contributed by atoms with van der Waals surface area (Å²) in [5, 5.41) is 0.408. The lowest BCUT2D eigenvalue weighted by Crippen LogP contribution is -2.26. The zero-order valence-corrected chi connectivity index (χ0v) is 10.7. The Morgan fingerprint density at radius 1 is 1.33 bits per heavy atom. The Morgan fingerprint density at radius 2 is 2.11 bits per heavy atom. The summed E-state index contributed by atoms with van der Waals surface area (Å²) >= 11 is 1.77. The van der Waals surface area contributed by atoms with Crippen molar-refractivity contribution in [3.63, 3.8) is 0 Å². The summed E-state index contributed by atoms with van der Waals surface area (Å²) in [5.41, 5.74) is 0.909. The van der Waals surface area contributed by atoms with E-state index in [0.29, 0.717) is 5.37 Å². The van der Waals surface area contributed by atoms with E-state index >= 15 is 0 Å². The van der Waals surface area contributed by atoms with Crippen LogP contribution in [0.25, 0.3) is 0 Å². The molecule has 2 aliphatic rings. The molecule has 2 aliphatic heterocycles. The van der Waals surface area contributed by atoms with Gasteiger partial charge in [0.15, 0.2) is 11.5 Å². The fourth-order valence-corrected chi connectivity index (χ4v) is 3.28. The van der Waals surface area contributed by atoms with Crippen LogP contribution in [0.4, 0.5) is 14.5 Å². The number of hydrogen-bond acceptors (Lipinski definition) is 4. The maximum Gasteiger partial charge on any atom is 0.586 e. The summed E-state index contributed by atoms with van der Waals surface area (Å²) in [4.78, 5) is 2.21. The summed E-state index contributed by atoms with van der Waals surface area (Å²) < 4.78 is 34.7. The summed E-state index contributed by atoms with van der Waals surface area (Å²) in [7, 11) is 0. The van der Waals surface area contributed by atoms with Gasteiger partial charge >= 0.3 is 6.29 Å². The van der Waals surface area contributed by atoms with Crippen LogP contribution in [0.2, 0.25) is 0 Å². The van der Waals surface area contributed by atoms with Crippen LogP contribution < -0.4 is 14.4 Å². The van der Waals surface area contributed by atoms with Gasteiger partial charge in [-0.25, -0.2) is 0 Å². The molecule has 0 aliphatic carbocycles. The Morgan fingerprint density at radius 3 is 2.89 bits per heavy atom. The van der Waals surface area contributed by atoms with E-state index in [2.05, 4.69) is 20.6 Å². The van der Waals surface area contributed by atoms with Crippen LogP contribution in [0.5, 0.6) is 11.5 Å². The monoisotopic (exact) mass is 273 g/mol. The lowest BCUT2D eigenvalue weighted by atomic mass is 10.2. The molecule has 1 atom stereocenters. The number of nitrogens with zero attached hydrogens (tertiary/aromatic N) is 1. The van der Waals surface area contributed by atoms with Gasteiger partial charge in [-0.05, 0) is 31.2 Å². The molecule has 3 nitrogen and oxygen atoms in total. The van der Waals surface area contributed by atoms with Gasteiger partial charge in [0.2, 0.25) is 0 Å². The average molecular weight is 273 g/mol. The number of thioether (sulfide) groups is 1. The lowest BCUT2D eigenvalue weighted by molar-refractivity contribution is -0.286. The largest absolute Gasteiger partial charge is 0.586 e. The second kappa shape index (κ2) is 4.19. The van der Waals surface area contributed by atoms with E-state index in [-0.39, 0.29) is 11.5 Å². The molecule has 0 bridgehead atoms. The molecule has 1 fully saturated rings. The van der Waals surface area contributed by atoms with Crippen molar-refractivity contribution in [3.05, 3.63) is 18.2 Å². The molecule has 1 saturated heterocycles. The van der Waals surface area contributed by atoms with E-state index in [9.17, 15) is 8.78 Å². The first-order valence-electron chi connectivity index (χ1n) is 5.78. The highest BCUT2D eigenvalue weighted by molar-refractivity contribution is 7.99. The fourth-order valence-electron chi connectivity index (χ4n) is 2.39. The minimum absolute atomic E-state index is 0.101. The SMILES string of the molecule is CSC1CCCN1c1ccc2c(c1)OC(F)(F)O2. The second-order valence-electron chi connectivity index (χ2n) is 4.32. The van der Waals surface area contributed by atoms with Gasteiger partial charge < -0.3 is 14.4 Å². The van der Waals surface area contributed by atoms with Crippen molar-refractivity contribution < 1.29 is 18.3 Å². The minimum atomic E-state index is -3.54. The molecule has 0 spiro atoms. The van der Waals surface area contributed by atoms with Gasteiger partial charge in [0, 0.05) is 18.3 Å². The fraction of sp³-hybridized carbons (Fsp3) is 0.500. The average Bonchev–Trinajstić information content (AvgIpc) is 2.88. The predicted octanol–water partition coefficient (Wildman–Crippen LogP) is 3.30. The second-order valence-corrected chi connectivity index (χ2v) is 5.34. The molecule has 0 radical (unpaired) electrons. The van der Waals surface area contributed by atoms with Gasteiger partial charge in [0.25, 0.3) is 0 Å². The van der Waals surface area contributed by atoms with E-state index in [1.165, 1.54) is 0 Å². The number of anilines is 1. The third-order valence-electron chi connectivity index (χ3n) is 3.19. The highest BCUT2D eigenvalue weighted by Gasteiger charge is 2.43. The highest BCUT2D eigenvalue weighted by atomic mass is 32.2. The van der Waals surface area contributed by atoms with Gasteiger partial charge in [0.1, 0.15) is 0 Å². The molecule has 0 N–H and O–H groups in total. The molecule has 2 heterocycles. The molecule has 6 heteroatoms. The maximum absolute atomic E-state index is 12.9. The number of rotatable bonds is 2. The summed E-state index contributed by atoms with van der Waals surface area (Å²) in [6.07, 6.45) is 0.761. The Balaban J connectivity index is 1.88. The van der Waals surface area contributed by atoms with Gasteiger partial charge in [-0.15, -0.1) is 20.5 Å². The summed E-state index contributed by atoms with van der Waals surface area (Å²) in [6, 6.07) is 4.98. The van der Waals surface area contributed by atoms with Crippen LogP contribution in [-0.4, -0.2) is 24.5 Å². The molecule has 0 amide bonds. The molecular weight excluding hydrogens is 260 g/mol. The van der Waals surface area contributed by atoms with Crippen molar-refractivity contribution in [2.75, 3.05) is 17.7 Å². The smallest absolute Gasteiger partial charge is 0.395 e. The van der Waals surface area contributed by atoms with Crippen molar-refractivity contribution in [1.29, 1.82) is 0 Å². The molecule has 0 saturated carbocycles. The van der Waals surface area contributed by atoms with Gasteiger partial charge in [-0.1, -0.05) is 0 Å². The molecule has 0 aromatic heterocycles. The van der Waals surface area contributed by atoms with E-state index < -0.39 is 6.29 Å². The molecular formula is C12H13F2NO2S. The lowest BCUT2D eigenvalue weighted by Gasteiger charge is -2.25. The maximum atomic E-state index is 12.9. The van der Waals surface area contributed by atoms with Gasteiger partial charge in [-0.2, -0.15) is 0 Å². The Kier molecular flexibility index (Phi) is 2.77. The van der Waals surface area contributed by atoms with E-state index in [1.807, 2.05) is 0 Å². The normalized spacial score (nSPS) is 24.6. The Hall–Kier alpha value is -1.17.